The highest BCUT2D eigenvalue weighted by Crippen LogP contribution is 2.37. The topological polar surface area (TPSA) is 82.5 Å². The molecule has 0 atom stereocenters. The molecule has 164 valence electrons. The van der Waals surface area contributed by atoms with Crippen LogP contribution in [0.1, 0.15) is 20.8 Å². The zero-order valence-corrected chi connectivity index (χ0v) is 19.2. The van der Waals surface area contributed by atoms with Gasteiger partial charge in [0.2, 0.25) is 0 Å². The summed E-state index contributed by atoms with van der Waals surface area (Å²) in [5.41, 5.74) is 1.80. The van der Waals surface area contributed by atoms with E-state index in [1.54, 1.807) is 23.6 Å². The summed E-state index contributed by atoms with van der Waals surface area (Å²) in [6, 6.07) is 12.8. The van der Waals surface area contributed by atoms with Gasteiger partial charge in [-0.15, -0.1) is 11.3 Å². The van der Waals surface area contributed by atoms with E-state index in [0.717, 1.165) is 5.56 Å². The number of aryl methyl sites for hydroxylation is 1. The second-order valence-corrected chi connectivity index (χ2v) is 8.45. The number of amides is 1. The number of carbonyl (C=O) groups excluding carboxylic acids is 1. The molecule has 1 N–H and O–H groups in total. The number of aromatic nitrogens is 2. The Labute approximate surface area is 193 Å². The molecule has 0 radical (unpaired) electrons. The standard InChI is InChI=1S/C23H20ClN3O4S/c1-13-19-22(25-12-27(23(19)29)11-14-7-5-4-6-8-14)32-20(13)21(28)26-16-10-17(30-2)15(24)9-18(16)31-3/h4-10,12H,11H2,1-3H3,(H,26,28). The molecule has 9 heteroatoms. The summed E-state index contributed by atoms with van der Waals surface area (Å²) in [5, 5.41) is 3.63. The minimum Gasteiger partial charge on any atom is -0.495 e. The number of rotatable bonds is 6. The van der Waals surface area contributed by atoms with Crippen LogP contribution in [-0.2, 0) is 6.54 Å². The third-order valence-electron chi connectivity index (χ3n) is 5.04. The Balaban J connectivity index is 1.70. The lowest BCUT2D eigenvalue weighted by molar-refractivity contribution is 0.102. The van der Waals surface area contributed by atoms with Gasteiger partial charge in [-0.3, -0.25) is 14.2 Å². The van der Waals surface area contributed by atoms with Crippen LogP contribution in [0.4, 0.5) is 5.69 Å². The molecule has 0 unspecified atom stereocenters. The summed E-state index contributed by atoms with van der Waals surface area (Å²) >= 11 is 7.31. The zero-order chi connectivity index (χ0) is 22.8. The lowest BCUT2D eigenvalue weighted by Crippen LogP contribution is -2.21. The van der Waals surface area contributed by atoms with Gasteiger partial charge in [-0.25, -0.2) is 4.98 Å². The minimum absolute atomic E-state index is 0.183. The van der Waals surface area contributed by atoms with E-state index in [1.807, 2.05) is 30.3 Å². The van der Waals surface area contributed by atoms with Gasteiger partial charge in [-0.05, 0) is 18.1 Å². The van der Waals surface area contributed by atoms with Gasteiger partial charge in [-0.1, -0.05) is 41.9 Å². The van der Waals surface area contributed by atoms with Crippen LogP contribution in [0.3, 0.4) is 0 Å². The second kappa shape index (κ2) is 9.02. The smallest absolute Gasteiger partial charge is 0.266 e. The summed E-state index contributed by atoms with van der Waals surface area (Å²) in [7, 11) is 2.97. The van der Waals surface area contributed by atoms with Gasteiger partial charge in [0.15, 0.2) is 0 Å². The number of halogens is 1. The Morgan fingerprint density at radius 2 is 1.88 bits per heavy atom. The van der Waals surface area contributed by atoms with Gasteiger partial charge in [0.05, 0.1) is 48.1 Å². The minimum atomic E-state index is -0.373. The Bertz CT molecular complexity index is 1370. The Kier molecular flexibility index (Phi) is 6.16. The van der Waals surface area contributed by atoms with Crippen molar-refractivity contribution < 1.29 is 14.3 Å². The van der Waals surface area contributed by atoms with Crippen molar-refractivity contribution >= 4 is 44.7 Å². The maximum Gasteiger partial charge on any atom is 0.266 e. The van der Waals surface area contributed by atoms with Crippen molar-refractivity contribution in [3.8, 4) is 11.5 Å². The highest BCUT2D eigenvalue weighted by molar-refractivity contribution is 7.20. The molecule has 2 aromatic carbocycles. The highest BCUT2D eigenvalue weighted by Gasteiger charge is 2.21. The van der Waals surface area contributed by atoms with Crippen LogP contribution < -0.4 is 20.3 Å². The maximum absolute atomic E-state index is 13.1. The largest absolute Gasteiger partial charge is 0.495 e. The predicted octanol–water partition coefficient (Wildman–Crippen LogP) is 4.74. The molecule has 7 nitrogen and oxygen atoms in total. The van der Waals surface area contributed by atoms with Crippen LogP contribution in [0.25, 0.3) is 10.2 Å². The first-order valence-electron chi connectivity index (χ1n) is 9.68. The van der Waals surface area contributed by atoms with Crippen LogP contribution in [-0.4, -0.2) is 29.7 Å². The van der Waals surface area contributed by atoms with E-state index < -0.39 is 0 Å². The number of carbonyl (C=O) groups is 1. The Hall–Kier alpha value is -3.36. The number of anilines is 1. The molecular weight excluding hydrogens is 450 g/mol. The quantitative estimate of drug-likeness (QED) is 0.441. The van der Waals surface area contributed by atoms with Crippen molar-refractivity contribution in [3.05, 3.63) is 80.2 Å². The van der Waals surface area contributed by atoms with Crippen molar-refractivity contribution in [1.82, 2.24) is 9.55 Å². The molecule has 0 aliphatic heterocycles. The van der Waals surface area contributed by atoms with Gasteiger partial charge in [0, 0.05) is 12.1 Å². The molecule has 0 aliphatic rings. The van der Waals surface area contributed by atoms with Gasteiger partial charge >= 0.3 is 0 Å². The molecule has 2 heterocycles. The molecule has 0 fully saturated rings. The fourth-order valence-electron chi connectivity index (χ4n) is 3.41. The van der Waals surface area contributed by atoms with Crippen LogP contribution in [0.5, 0.6) is 11.5 Å². The van der Waals surface area contributed by atoms with E-state index in [0.29, 0.717) is 49.4 Å². The van der Waals surface area contributed by atoms with Gasteiger partial charge in [0.25, 0.3) is 11.5 Å². The normalized spacial score (nSPS) is 10.9. The van der Waals surface area contributed by atoms with Crippen LogP contribution in [0, 0.1) is 6.92 Å². The fourth-order valence-corrected chi connectivity index (χ4v) is 4.67. The van der Waals surface area contributed by atoms with Crippen LogP contribution in [0.2, 0.25) is 5.02 Å². The van der Waals surface area contributed by atoms with Gasteiger partial charge < -0.3 is 14.8 Å². The molecule has 32 heavy (non-hydrogen) atoms. The Morgan fingerprint density at radius 3 is 2.56 bits per heavy atom. The van der Waals surface area contributed by atoms with Crippen molar-refractivity contribution in [3.63, 3.8) is 0 Å². The van der Waals surface area contributed by atoms with Gasteiger partial charge in [0.1, 0.15) is 16.3 Å². The molecule has 0 spiro atoms. The number of methoxy groups -OCH3 is 2. The van der Waals surface area contributed by atoms with E-state index in [-0.39, 0.29) is 11.5 Å². The summed E-state index contributed by atoms with van der Waals surface area (Å²) < 4.78 is 12.1. The summed E-state index contributed by atoms with van der Waals surface area (Å²) in [6.45, 7) is 2.16. The van der Waals surface area contributed by atoms with Crippen LogP contribution >= 0.6 is 22.9 Å². The van der Waals surface area contributed by atoms with E-state index >= 15 is 0 Å². The lowest BCUT2D eigenvalue weighted by atomic mass is 10.2. The number of hydrogen-bond acceptors (Lipinski definition) is 6. The van der Waals surface area contributed by atoms with E-state index in [4.69, 9.17) is 21.1 Å². The average Bonchev–Trinajstić information content (AvgIpc) is 3.14. The lowest BCUT2D eigenvalue weighted by Gasteiger charge is -2.13. The third kappa shape index (κ3) is 4.06. The highest BCUT2D eigenvalue weighted by atomic mass is 35.5. The third-order valence-corrected chi connectivity index (χ3v) is 6.54. The predicted molar refractivity (Wildman–Crippen MR) is 127 cm³/mol. The summed E-state index contributed by atoms with van der Waals surface area (Å²) in [6.07, 6.45) is 1.52. The molecular formula is C23H20ClN3O4S. The first kappa shape index (κ1) is 21.9. The molecule has 1 amide bonds. The maximum atomic E-state index is 13.1. The first-order valence-corrected chi connectivity index (χ1v) is 10.9. The van der Waals surface area contributed by atoms with E-state index in [9.17, 15) is 9.59 Å². The second-order valence-electron chi connectivity index (χ2n) is 7.04. The van der Waals surface area contributed by atoms with Crippen molar-refractivity contribution in [2.45, 2.75) is 13.5 Å². The number of hydrogen-bond donors (Lipinski definition) is 1. The molecule has 0 saturated carbocycles. The number of fused-ring (bicyclic) bond motifs is 1. The van der Waals surface area contributed by atoms with E-state index in [2.05, 4.69) is 10.3 Å². The Morgan fingerprint density at radius 1 is 1.16 bits per heavy atom. The van der Waals surface area contributed by atoms with Crippen LogP contribution in [0.15, 0.2) is 53.6 Å². The number of benzene rings is 2. The zero-order valence-electron chi connectivity index (χ0n) is 17.6. The van der Waals surface area contributed by atoms with Gasteiger partial charge in [-0.2, -0.15) is 0 Å². The number of nitrogens with zero attached hydrogens (tertiary/aromatic N) is 2. The number of thiophene rings is 1. The molecule has 4 rings (SSSR count). The van der Waals surface area contributed by atoms with Crippen molar-refractivity contribution in [2.75, 3.05) is 19.5 Å². The molecule has 0 saturated heterocycles. The first-order chi connectivity index (χ1) is 15.4. The monoisotopic (exact) mass is 469 g/mol. The summed E-state index contributed by atoms with van der Waals surface area (Å²) in [4.78, 5) is 31.5. The van der Waals surface area contributed by atoms with E-state index in [1.165, 1.54) is 31.9 Å². The molecule has 0 aliphatic carbocycles. The fraction of sp³-hybridized carbons (Fsp3) is 0.174. The average molecular weight is 470 g/mol. The summed E-state index contributed by atoms with van der Waals surface area (Å²) in [5.74, 6) is 0.426. The molecule has 0 bridgehead atoms. The number of nitrogens with one attached hydrogen (secondary N) is 1. The molecule has 4 aromatic rings. The van der Waals surface area contributed by atoms with Crippen molar-refractivity contribution in [1.29, 1.82) is 0 Å². The number of ether oxygens (including phenoxy) is 2. The van der Waals surface area contributed by atoms with Crippen molar-refractivity contribution in [2.24, 2.45) is 0 Å². The molecule has 2 aromatic heterocycles. The SMILES string of the molecule is COc1cc(NC(=O)c2sc3ncn(Cc4ccccc4)c(=O)c3c2C)c(OC)cc1Cl.